The Kier molecular flexibility index (Phi) is 6.57. The summed E-state index contributed by atoms with van der Waals surface area (Å²) in [4.78, 5) is 17.2. The molecule has 0 saturated carbocycles. The first-order valence-corrected chi connectivity index (χ1v) is 12.5. The van der Waals surface area contributed by atoms with E-state index in [-0.39, 0.29) is 12.8 Å². The van der Waals surface area contributed by atoms with Crippen LogP contribution >= 0.6 is 0 Å². The van der Waals surface area contributed by atoms with E-state index in [0.717, 1.165) is 54.8 Å². The topological polar surface area (TPSA) is 67.2 Å². The fraction of sp³-hybridized carbons (Fsp3) is 0.481. The number of aliphatic hydroxyl groups is 1. The molecule has 7 heteroatoms. The lowest BCUT2D eigenvalue weighted by Crippen LogP contribution is -2.57. The maximum Gasteiger partial charge on any atom is 0.200 e. The summed E-state index contributed by atoms with van der Waals surface area (Å²) >= 11 is 0. The van der Waals surface area contributed by atoms with Gasteiger partial charge in [-0.2, -0.15) is 0 Å². The number of pyridine rings is 1. The quantitative estimate of drug-likeness (QED) is 0.731. The Hall–Kier alpha value is -2.90. The molecule has 0 bridgehead atoms. The number of anilines is 1. The summed E-state index contributed by atoms with van der Waals surface area (Å²) in [5, 5.41) is 13.1. The number of nitrogens with one attached hydrogen (secondary N) is 1. The van der Waals surface area contributed by atoms with Crippen molar-refractivity contribution in [2.75, 3.05) is 31.1 Å². The minimum atomic E-state index is 0.00206. The highest BCUT2D eigenvalue weighted by Gasteiger charge is 2.34. The Morgan fingerprint density at radius 2 is 1.91 bits per heavy atom. The van der Waals surface area contributed by atoms with Crippen molar-refractivity contribution < 1.29 is 5.11 Å². The van der Waals surface area contributed by atoms with Crippen LogP contribution in [0, 0.1) is 6.92 Å². The van der Waals surface area contributed by atoms with E-state index in [1.54, 1.807) is 6.20 Å². The second kappa shape index (κ2) is 9.76. The molecule has 7 nitrogen and oxygen atoms in total. The molecule has 5 rings (SSSR count). The Balaban J connectivity index is 1.39. The van der Waals surface area contributed by atoms with Gasteiger partial charge in [-0.05, 0) is 62.4 Å². The molecule has 180 valence electrons. The van der Waals surface area contributed by atoms with Gasteiger partial charge < -0.3 is 20.2 Å². The van der Waals surface area contributed by atoms with Crippen LogP contribution in [0.4, 0.5) is 5.82 Å². The molecule has 0 amide bonds. The van der Waals surface area contributed by atoms with Gasteiger partial charge in [-0.25, -0.2) is 9.98 Å². The van der Waals surface area contributed by atoms with Gasteiger partial charge in [-0.15, -0.1) is 0 Å². The highest BCUT2D eigenvalue weighted by molar-refractivity contribution is 5.91. The minimum Gasteiger partial charge on any atom is -0.392 e. The second-order valence-corrected chi connectivity index (χ2v) is 9.80. The van der Waals surface area contributed by atoms with Crippen LogP contribution in [0.15, 0.2) is 53.7 Å². The number of aliphatic imine (C=N–C) groups is 1. The lowest BCUT2D eigenvalue weighted by atomic mass is 10.1. The van der Waals surface area contributed by atoms with Gasteiger partial charge >= 0.3 is 0 Å². The molecule has 2 aromatic rings. The van der Waals surface area contributed by atoms with E-state index in [2.05, 4.69) is 82.2 Å². The van der Waals surface area contributed by atoms with Crippen molar-refractivity contribution in [2.24, 2.45) is 4.99 Å². The first kappa shape index (κ1) is 22.9. The summed E-state index contributed by atoms with van der Waals surface area (Å²) in [6.45, 7) is 10.5. The molecule has 34 heavy (non-hydrogen) atoms. The van der Waals surface area contributed by atoms with Crippen molar-refractivity contribution in [1.29, 1.82) is 0 Å². The molecule has 3 atom stereocenters. The first-order chi connectivity index (χ1) is 16.5. The van der Waals surface area contributed by atoms with Crippen molar-refractivity contribution in [2.45, 2.75) is 58.5 Å². The predicted molar refractivity (Wildman–Crippen MR) is 137 cm³/mol. The maximum absolute atomic E-state index is 9.42. The zero-order valence-corrected chi connectivity index (χ0v) is 20.5. The minimum absolute atomic E-state index is 0.00206. The van der Waals surface area contributed by atoms with E-state index in [4.69, 9.17) is 4.99 Å². The standard InChI is InChI=1S/C27H36N6O/c1-19-14-22(18-34)16-28-26(19)31-12-13-32(21(3)17-31)25-15-24(23-9-5-4-6-10-23)29-27(30-25)33-11-7-8-20(33)2/h4-6,9-10,14-16,20-21,25,34H,7-8,11-13,17-18H2,1-3H3,(H,29,30)/t20?,21-,25?/m1/s1. The van der Waals surface area contributed by atoms with Gasteiger partial charge in [0.15, 0.2) is 0 Å². The molecule has 3 aliphatic heterocycles. The van der Waals surface area contributed by atoms with Gasteiger partial charge in [-0.3, -0.25) is 4.90 Å². The summed E-state index contributed by atoms with van der Waals surface area (Å²) in [5.41, 5.74) is 4.31. The number of benzene rings is 1. The Bertz CT molecular complexity index is 1070. The smallest absolute Gasteiger partial charge is 0.200 e. The highest BCUT2D eigenvalue weighted by Crippen LogP contribution is 2.27. The van der Waals surface area contributed by atoms with E-state index in [9.17, 15) is 5.11 Å². The fourth-order valence-electron chi connectivity index (χ4n) is 5.46. The molecule has 2 saturated heterocycles. The number of piperazine rings is 1. The van der Waals surface area contributed by atoms with Crippen molar-refractivity contribution in [3.05, 3.63) is 65.4 Å². The monoisotopic (exact) mass is 460 g/mol. The summed E-state index contributed by atoms with van der Waals surface area (Å²) in [6.07, 6.45) is 6.50. The number of guanidine groups is 1. The van der Waals surface area contributed by atoms with E-state index < -0.39 is 0 Å². The van der Waals surface area contributed by atoms with E-state index >= 15 is 0 Å². The molecule has 3 aliphatic rings. The van der Waals surface area contributed by atoms with Gasteiger partial charge in [0.1, 0.15) is 12.0 Å². The van der Waals surface area contributed by atoms with Crippen LogP contribution in [0.5, 0.6) is 0 Å². The zero-order chi connectivity index (χ0) is 23.7. The van der Waals surface area contributed by atoms with Crippen molar-refractivity contribution in [1.82, 2.24) is 20.1 Å². The molecule has 2 N–H and O–H groups in total. The van der Waals surface area contributed by atoms with Crippen LogP contribution in [0.25, 0.3) is 5.70 Å². The molecule has 4 heterocycles. The average Bonchev–Trinajstić information content (AvgIpc) is 3.30. The normalized spacial score (nSPS) is 25.7. The van der Waals surface area contributed by atoms with Crippen molar-refractivity contribution in [3.63, 3.8) is 0 Å². The Labute approximate surface area is 202 Å². The van der Waals surface area contributed by atoms with Crippen LogP contribution in [0.2, 0.25) is 0 Å². The zero-order valence-electron chi connectivity index (χ0n) is 20.5. The number of aromatic nitrogens is 1. The fourth-order valence-corrected chi connectivity index (χ4v) is 5.46. The summed E-state index contributed by atoms with van der Waals surface area (Å²) in [6, 6.07) is 13.4. The lowest BCUT2D eigenvalue weighted by molar-refractivity contribution is 0.155. The van der Waals surface area contributed by atoms with Crippen LogP contribution in [0.1, 0.15) is 43.4 Å². The molecular weight excluding hydrogens is 424 g/mol. The molecule has 0 aliphatic carbocycles. The summed E-state index contributed by atoms with van der Waals surface area (Å²) in [5.74, 6) is 2.02. The number of likely N-dealkylation sites (tertiary alicyclic amines) is 1. The largest absolute Gasteiger partial charge is 0.392 e. The number of aryl methyl sites for hydroxylation is 1. The number of aliphatic hydroxyl groups excluding tert-OH is 1. The van der Waals surface area contributed by atoms with Crippen LogP contribution in [0.3, 0.4) is 0 Å². The van der Waals surface area contributed by atoms with Gasteiger partial charge in [0.05, 0.1) is 6.61 Å². The number of hydrogen-bond donors (Lipinski definition) is 2. The molecular formula is C27H36N6O. The molecule has 2 fully saturated rings. The molecule has 0 radical (unpaired) electrons. The van der Waals surface area contributed by atoms with Crippen LogP contribution in [-0.2, 0) is 6.61 Å². The third-order valence-corrected chi connectivity index (χ3v) is 7.33. The molecule has 1 aromatic carbocycles. The summed E-state index contributed by atoms with van der Waals surface area (Å²) < 4.78 is 0. The van der Waals surface area contributed by atoms with E-state index in [1.807, 2.05) is 6.07 Å². The number of nitrogens with zero attached hydrogens (tertiary/aromatic N) is 5. The number of hydrogen-bond acceptors (Lipinski definition) is 7. The highest BCUT2D eigenvalue weighted by atomic mass is 16.3. The summed E-state index contributed by atoms with van der Waals surface area (Å²) in [7, 11) is 0. The lowest BCUT2D eigenvalue weighted by Gasteiger charge is -2.44. The van der Waals surface area contributed by atoms with E-state index in [1.165, 1.54) is 18.4 Å². The van der Waals surface area contributed by atoms with Gasteiger partial charge in [0, 0.05) is 50.2 Å². The van der Waals surface area contributed by atoms with Gasteiger partial charge in [-0.1, -0.05) is 30.3 Å². The third kappa shape index (κ3) is 4.55. The molecule has 2 unspecified atom stereocenters. The maximum atomic E-state index is 9.42. The third-order valence-electron chi connectivity index (χ3n) is 7.33. The SMILES string of the molecule is Cc1cc(CO)cnc1N1CCN(C2C=C(c3ccccc3)NC(N3CCCC3C)=N2)[C@H](C)C1. The molecule has 0 spiro atoms. The Morgan fingerprint density at radius 3 is 2.59 bits per heavy atom. The van der Waals surface area contributed by atoms with E-state index in [0.29, 0.717) is 12.1 Å². The van der Waals surface area contributed by atoms with Crippen LogP contribution < -0.4 is 10.2 Å². The first-order valence-electron chi connectivity index (χ1n) is 12.5. The Morgan fingerprint density at radius 1 is 1.09 bits per heavy atom. The van der Waals surface area contributed by atoms with Gasteiger partial charge in [0.2, 0.25) is 5.96 Å². The second-order valence-electron chi connectivity index (χ2n) is 9.80. The van der Waals surface area contributed by atoms with Crippen LogP contribution in [-0.4, -0.2) is 70.3 Å². The van der Waals surface area contributed by atoms with Crippen molar-refractivity contribution >= 4 is 17.5 Å². The average molecular weight is 461 g/mol. The predicted octanol–water partition coefficient (Wildman–Crippen LogP) is 3.20. The molecule has 1 aromatic heterocycles. The number of rotatable bonds is 4. The van der Waals surface area contributed by atoms with Gasteiger partial charge in [0.25, 0.3) is 0 Å². The van der Waals surface area contributed by atoms with Crippen molar-refractivity contribution in [3.8, 4) is 0 Å².